The number of piperazine rings is 1. The first-order chi connectivity index (χ1) is 12.6. The van der Waals surface area contributed by atoms with Crippen LogP contribution >= 0.6 is 0 Å². The molecule has 134 valence electrons. The van der Waals surface area contributed by atoms with Crippen molar-refractivity contribution in [2.24, 2.45) is 0 Å². The maximum Gasteiger partial charge on any atom is 0.119 e. The fourth-order valence-corrected chi connectivity index (χ4v) is 3.30. The highest BCUT2D eigenvalue weighted by atomic mass is 16.5. The zero-order valence-electron chi connectivity index (χ0n) is 14.6. The van der Waals surface area contributed by atoms with Crippen LogP contribution < -0.4 is 9.80 Å². The Hall–Kier alpha value is -3.22. The topological polar surface area (TPSA) is 77.7 Å². The van der Waals surface area contributed by atoms with E-state index < -0.39 is 0 Å². The number of aromatic nitrogens is 3. The lowest BCUT2D eigenvalue weighted by Gasteiger charge is -2.37. The second-order valence-corrected chi connectivity index (χ2v) is 6.45. The number of hydrogen-bond donors (Lipinski definition) is 2. The van der Waals surface area contributed by atoms with E-state index in [1.165, 1.54) is 5.69 Å². The van der Waals surface area contributed by atoms with E-state index in [1.54, 1.807) is 19.1 Å². The molecule has 1 aliphatic rings. The molecule has 4 rings (SSSR count). The zero-order valence-corrected chi connectivity index (χ0v) is 14.6. The lowest BCUT2D eigenvalue weighted by atomic mass is 10.1. The van der Waals surface area contributed by atoms with Crippen molar-refractivity contribution in [3.8, 4) is 17.0 Å². The summed E-state index contributed by atoms with van der Waals surface area (Å²) >= 11 is 0. The summed E-state index contributed by atoms with van der Waals surface area (Å²) < 4.78 is 0. The number of phenolic OH excluding ortho intramolecular Hbond substituents is 1. The highest BCUT2D eigenvalue weighted by Crippen LogP contribution is 2.26. The molecule has 1 saturated heterocycles. The van der Waals surface area contributed by atoms with Crippen molar-refractivity contribution in [1.29, 1.82) is 0 Å². The minimum absolute atomic E-state index is 0.295. The van der Waals surface area contributed by atoms with Gasteiger partial charge in [-0.1, -0.05) is 17.0 Å². The molecule has 26 heavy (non-hydrogen) atoms. The Bertz CT molecular complexity index is 881. The van der Waals surface area contributed by atoms with Crippen molar-refractivity contribution >= 4 is 11.4 Å². The van der Waals surface area contributed by atoms with Crippen molar-refractivity contribution in [1.82, 2.24) is 15.2 Å². The molecule has 0 aliphatic carbocycles. The van der Waals surface area contributed by atoms with Crippen molar-refractivity contribution in [2.45, 2.75) is 6.92 Å². The maximum atomic E-state index is 9.51. The first-order valence-electron chi connectivity index (χ1n) is 8.63. The van der Waals surface area contributed by atoms with Crippen LogP contribution in [0.25, 0.3) is 11.3 Å². The Morgan fingerprint density at radius 1 is 0.808 bits per heavy atom. The van der Waals surface area contributed by atoms with Crippen molar-refractivity contribution in [3.63, 3.8) is 0 Å². The van der Waals surface area contributed by atoms with Gasteiger partial charge in [0.05, 0.1) is 0 Å². The predicted molar refractivity (Wildman–Crippen MR) is 99.9 cm³/mol. The van der Waals surface area contributed by atoms with Gasteiger partial charge in [0.1, 0.15) is 17.1 Å². The molecule has 0 amide bonds. The molecule has 0 unspecified atom stereocenters. The highest BCUT2D eigenvalue weighted by Gasteiger charge is 2.18. The van der Waals surface area contributed by atoms with Gasteiger partial charge >= 0.3 is 0 Å². The van der Waals surface area contributed by atoms with Gasteiger partial charge in [-0.15, -0.1) is 5.10 Å². The van der Waals surface area contributed by atoms with E-state index in [1.807, 2.05) is 24.3 Å². The van der Waals surface area contributed by atoms with Crippen molar-refractivity contribution < 1.29 is 10.3 Å². The molecule has 0 spiro atoms. The summed E-state index contributed by atoms with van der Waals surface area (Å²) in [6.07, 6.45) is 0. The largest absolute Gasteiger partial charge is 0.508 e. The van der Waals surface area contributed by atoms with Crippen LogP contribution in [0, 0.1) is 6.92 Å². The summed E-state index contributed by atoms with van der Waals surface area (Å²) in [6.45, 7) is 5.53. The Kier molecular flexibility index (Phi) is 4.12. The van der Waals surface area contributed by atoms with Crippen LogP contribution in [-0.2, 0) is 0 Å². The number of benzene rings is 2. The quantitative estimate of drug-likeness (QED) is 0.706. The van der Waals surface area contributed by atoms with Gasteiger partial charge in [0.25, 0.3) is 0 Å². The third-order valence-electron chi connectivity index (χ3n) is 4.87. The highest BCUT2D eigenvalue weighted by molar-refractivity contribution is 5.65. The second kappa shape index (κ2) is 6.59. The molecule has 0 atom stereocenters. The third-order valence-corrected chi connectivity index (χ3v) is 4.87. The van der Waals surface area contributed by atoms with Crippen LogP contribution in [0.3, 0.4) is 0 Å². The minimum atomic E-state index is 0.295. The van der Waals surface area contributed by atoms with Gasteiger partial charge in [-0.25, -0.2) is 0 Å². The third kappa shape index (κ3) is 3.03. The standard InChI is InChI=1S/C19H21N5O2/c1-14-19(20-21-24(14)26)15-2-4-16(5-3-15)22-10-12-23(13-11-22)17-6-8-18(25)9-7-17/h2-9,25-26H,10-13H2,1H3. The molecule has 1 fully saturated rings. The average Bonchev–Trinajstić information content (AvgIpc) is 3.02. The van der Waals surface area contributed by atoms with Gasteiger partial charge < -0.3 is 20.1 Å². The van der Waals surface area contributed by atoms with Crippen LogP contribution in [0.2, 0.25) is 0 Å². The van der Waals surface area contributed by atoms with Crippen LogP contribution in [-0.4, -0.2) is 51.6 Å². The molecule has 2 N–H and O–H groups in total. The Morgan fingerprint density at radius 2 is 1.31 bits per heavy atom. The fraction of sp³-hybridized carbons (Fsp3) is 0.263. The molecule has 7 heteroatoms. The smallest absolute Gasteiger partial charge is 0.119 e. The number of aromatic hydroxyl groups is 1. The lowest BCUT2D eigenvalue weighted by Crippen LogP contribution is -2.46. The van der Waals surface area contributed by atoms with Gasteiger partial charge in [0.2, 0.25) is 0 Å². The summed E-state index contributed by atoms with van der Waals surface area (Å²) in [7, 11) is 0. The normalized spacial score (nSPS) is 14.7. The van der Waals surface area contributed by atoms with Gasteiger partial charge in [-0.3, -0.25) is 0 Å². The van der Waals surface area contributed by atoms with Gasteiger partial charge in [0, 0.05) is 43.1 Å². The van der Waals surface area contributed by atoms with E-state index in [-0.39, 0.29) is 0 Å². The molecular weight excluding hydrogens is 330 g/mol. The molecule has 1 aromatic heterocycles. The van der Waals surface area contributed by atoms with Crippen LogP contribution in [0.1, 0.15) is 5.69 Å². The summed E-state index contributed by atoms with van der Waals surface area (Å²) in [5.41, 5.74) is 4.57. The molecule has 3 aromatic rings. The molecule has 7 nitrogen and oxygen atoms in total. The Labute approximate surface area is 151 Å². The summed E-state index contributed by atoms with van der Waals surface area (Å²) in [5.74, 6) is 0.295. The van der Waals surface area contributed by atoms with Crippen LogP contribution in [0.5, 0.6) is 5.75 Å². The van der Waals surface area contributed by atoms with Gasteiger partial charge in [-0.05, 0) is 48.5 Å². The number of anilines is 2. The predicted octanol–water partition coefficient (Wildman–Crippen LogP) is 2.52. The minimum Gasteiger partial charge on any atom is -0.508 e. The Morgan fingerprint density at radius 3 is 1.77 bits per heavy atom. The zero-order chi connectivity index (χ0) is 18.1. The maximum absolute atomic E-state index is 9.51. The molecule has 1 aliphatic heterocycles. The summed E-state index contributed by atoms with van der Waals surface area (Å²) in [4.78, 5) is 5.48. The van der Waals surface area contributed by atoms with Crippen LogP contribution in [0.15, 0.2) is 48.5 Å². The van der Waals surface area contributed by atoms with E-state index >= 15 is 0 Å². The molecule has 0 bridgehead atoms. The number of rotatable bonds is 3. The number of phenols is 1. The molecule has 0 saturated carbocycles. The number of hydrogen-bond acceptors (Lipinski definition) is 6. The van der Waals surface area contributed by atoms with E-state index in [2.05, 4.69) is 32.2 Å². The second-order valence-electron chi connectivity index (χ2n) is 6.45. The SMILES string of the molecule is Cc1c(-c2ccc(N3CCN(c4ccc(O)cc4)CC3)cc2)nnn1O. The first-order valence-corrected chi connectivity index (χ1v) is 8.63. The van der Waals surface area contributed by atoms with Crippen LogP contribution in [0.4, 0.5) is 11.4 Å². The molecule has 2 heterocycles. The summed E-state index contributed by atoms with van der Waals surface area (Å²) in [6, 6.07) is 15.6. The first kappa shape index (κ1) is 16.3. The van der Waals surface area contributed by atoms with E-state index in [4.69, 9.17) is 0 Å². The van der Waals surface area contributed by atoms with E-state index in [0.717, 1.165) is 42.3 Å². The monoisotopic (exact) mass is 351 g/mol. The lowest BCUT2D eigenvalue weighted by molar-refractivity contribution is 0.137. The van der Waals surface area contributed by atoms with Gasteiger partial charge in [0.15, 0.2) is 0 Å². The molecule has 2 aromatic carbocycles. The van der Waals surface area contributed by atoms with E-state index in [0.29, 0.717) is 17.1 Å². The summed E-state index contributed by atoms with van der Waals surface area (Å²) in [5, 5.41) is 26.6. The molecule has 0 radical (unpaired) electrons. The molecular formula is C19H21N5O2. The Balaban J connectivity index is 1.43. The average molecular weight is 351 g/mol. The van der Waals surface area contributed by atoms with Gasteiger partial charge in [-0.2, -0.15) is 0 Å². The fourth-order valence-electron chi connectivity index (χ4n) is 3.30. The van der Waals surface area contributed by atoms with Crippen molar-refractivity contribution in [2.75, 3.05) is 36.0 Å². The van der Waals surface area contributed by atoms with E-state index in [9.17, 15) is 10.3 Å². The number of nitrogens with zero attached hydrogens (tertiary/aromatic N) is 5. The van der Waals surface area contributed by atoms with Crippen molar-refractivity contribution in [3.05, 3.63) is 54.2 Å².